The van der Waals surface area contributed by atoms with Gasteiger partial charge in [-0.15, -0.1) is 0 Å². The molecule has 1 aliphatic heterocycles. The third kappa shape index (κ3) is 6.58. The molecule has 11 heteroatoms. The molecular formula is C18H27FNO8P. The van der Waals surface area contributed by atoms with Crippen LogP contribution in [0.15, 0.2) is 18.2 Å². The number of amides is 1. The average Bonchev–Trinajstić information content (AvgIpc) is 2.70. The van der Waals surface area contributed by atoms with E-state index in [1.807, 2.05) is 20.8 Å². The summed E-state index contributed by atoms with van der Waals surface area (Å²) in [6, 6.07) is 4.11. The fraction of sp³-hybridized carbons (Fsp3) is 0.556. The molecule has 9 nitrogen and oxygen atoms in total. The van der Waals surface area contributed by atoms with Gasteiger partial charge in [-0.3, -0.25) is 4.79 Å². The summed E-state index contributed by atoms with van der Waals surface area (Å²) in [6.07, 6.45) is -2.39. The average molecular weight is 435 g/mol. The zero-order valence-electron chi connectivity index (χ0n) is 16.4. The molecule has 1 fully saturated rings. The number of benzene rings is 1. The van der Waals surface area contributed by atoms with Crippen molar-refractivity contribution in [3.8, 4) is 5.75 Å². The topological polar surface area (TPSA) is 146 Å². The Bertz CT molecular complexity index is 692. The number of halogens is 1. The highest BCUT2D eigenvalue weighted by Crippen LogP contribution is 2.48. The van der Waals surface area contributed by atoms with Crippen molar-refractivity contribution >= 4 is 25.7 Å². The number of nitrogens with one attached hydrogen (secondary N) is 1. The Hall–Kier alpha value is -1.84. The van der Waals surface area contributed by atoms with E-state index in [4.69, 9.17) is 14.6 Å². The minimum absolute atomic E-state index is 0.0262. The van der Waals surface area contributed by atoms with Gasteiger partial charge in [-0.2, -0.15) is 0 Å². The molecule has 0 spiro atoms. The number of aliphatic hydroxyl groups is 2. The molecule has 1 aromatic carbocycles. The van der Waals surface area contributed by atoms with Crippen LogP contribution in [0.25, 0.3) is 0 Å². The Morgan fingerprint density at radius 2 is 1.97 bits per heavy atom. The largest absolute Gasteiger partial charge is 0.479 e. The molecule has 1 heterocycles. The standard InChI is InChI=1S/C16H21FNO8P.C2H6/c1-2-3-11(19)18-9-4-5-10(8(6-9)7-17)25-15-12(20)14(23)27(24)16(26-15)13(21)22;1-2/h4-6,12,14-16,20,23-24H,2-3,7H2,1H3,(H,18,19)(H,21,22);1-2H3. The molecule has 5 atom stereocenters. The molecule has 0 radical (unpaired) electrons. The molecule has 0 saturated carbocycles. The Kier molecular flexibility index (Phi) is 10.4. The van der Waals surface area contributed by atoms with Crippen LogP contribution in [0.1, 0.15) is 39.2 Å². The Morgan fingerprint density at radius 1 is 1.31 bits per heavy atom. The predicted molar refractivity (Wildman–Crippen MR) is 104 cm³/mol. The quantitative estimate of drug-likeness (QED) is 0.410. The minimum Gasteiger partial charge on any atom is -0.479 e. The number of alkyl halides is 1. The second-order valence-electron chi connectivity index (χ2n) is 5.85. The van der Waals surface area contributed by atoms with Gasteiger partial charge in [0, 0.05) is 17.7 Å². The number of carbonyl (C=O) groups excluding carboxylic acids is 1. The molecule has 1 aliphatic rings. The Balaban J connectivity index is 0.00000204. The summed E-state index contributed by atoms with van der Waals surface area (Å²) in [5.41, 5.74) is 0.374. The summed E-state index contributed by atoms with van der Waals surface area (Å²) in [5.74, 6) is -5.34. The minimum atomic E-state index is -2.54. The van der Waals surface area contributed by atoms with Crippen molar-refractivity contribution in [2.75, 3.05) is 5.32 Å². The van der Waals surface area contributed by atoms with Crippen molar-refractivity contribution in [3.05, 3.63) is 23.8 Å². The van der Waals surface area contributed by atoms with Crippen LogP contribution in [-0.2, 0) is 21.0 Å². The van der Waals surface area contributed by atoms with E-state index in [1.165, 1.54) is 18.2 Å². The normalized spacial score (nSPS) is 26.1. The number of rotatable bonds is 7. The van der Waals surface area contributed by atoms with E-state index in [9.17, 15) is 29.1 Å². The summed E-state index contributed by atoms with van der Waals surface area (Å²) in [6.45, 7) is 4.88. The van der Waals surface area contributed by atoms with E-state index in [0.717, 1.165) is 0 Å². The number of carboxylic acid groups (broad SMARTS) is 1. The molecule has 0 aromatic heterocycles. The maximum Gasteiger partial charge on any atom is 0.339 e. The maximum absolute atomic E-state index is 13.4. The molecule has 29 heavy (non-hydrogen) atoms. The van der Waals surface area contributed by atoms with Crippen molar-refractivity contribution < 1.29 is 43.7 Å². The van der Waals surface area contributed by atoms with Crippen LogP contribution in [0.5, 0.6) is 5.75 Å². The van der Waals surface area contributed by atoms with Gasteiger partial charge in [0.05, 0.1) is 8.15 Å². The van der Waals surface area contributed by atoms with E-state index in [2.05, 4.69) is 5.32 Å². The van der Waals surface area contributed by atoms with E-state index >= 15 is 0 Å². The maximum atomic E-state index is 13.4. The Morgan fingerprint density at radius 3 is 2.52 bits per heavy atom. The number of carbonyl (C=O) groups is 2. The smallest absolute Gasteiger partial charge is 0.339 e. The fourth-order valence-corrected chi connectivity index (χ4v) is 3.63. The van der Waals surface area contributed by atoms with Gasteiger partial charge in [-0.1, -0.05) is 20.8 Å². The van der Waals surface area contributed by atoms with Crippen molar-refractivity contribution in [3.63, 3.8) is 0 Å². The third-order valence-corrected chi connectivity index (χ3v) is 5.45. The lowest BCUT2D eigenvalue weighted by atomic mass is 10.2. The lowest BCUT2D eigenvalue weighted by Crippen LogP contribution is -2.51. The van der Waals surface area contributed by atoms with Crippen LogP contribution in [0.4, 0.5) is 10.1 Å². The van der Waals surface area contributed by atoms with Crippen LogP contribution in [0, 0.1) is 0 Å². The van der Waals surface area contributed by atoms with Crippen molar-refractivity contribution in [1.82, 2.24) is 0 Å². The lowest BCUT2D eigenvalue weighted by Gasteiger charge is -2.38. The number of hydrogen-bond donors (Lipinski definition) is 5. The third-order valence-electron chi connectivity index (χ3n) is 3.78. The molecule has 1 saturated heterocycles. The summed E-state index contributed by atoms with van der Waals surface area (Å²) in [5, 5.41) is 31.4. The van der Waals surface area contributed by atoms with Gasteiger partial charge in [0.25, 0.3) is 0 Å². The van der Waals surface area contributed by atoms with Crippen molar-refractivity contribution in [2.45, 2.75) is 64.4 Å². The summed E-state index contributed by atoms with van der Waals surface area (Å²) < 4.78 is 23.7. The van der Waals surface area contributed by atoms with Gasteiger partial charge in [-0.25, -0.2) is 9.18 Å². The van der Waals surface area contributed by atoms with Crippen LogP contribution in [0.3, 0.4) is 0 Å². The highest BCUT2D eigenvalue weighted by Gasteiger charge is 2.48. The van der Waals surface area contributed by atoms with Gasteiger partial charge in [-0.05, 0) is 24.6 Å². The zero-order valence-corrected chi connectivity index (χ0v) is 17.3. The first kappa shape index (κ1) is 25.2. The van der Waals surface area contributed by atoms with Gasteiger partial charge < -0.3 is 35.0 Å². The van der Waals surface area contributed by atoms with Gasteiger partial charge >= 0.3 is 5.97 Å². The zero-order chi connectivity index (χ0) is 22.1. The SMILES string of the molecule is CC.CCCC(=O)Nc1ccc(OC2OC(C(=O)O)P(O)C(O)C2O)c(CF)c1. The fourth-order valence-electron chi connectivity index (χ4n) is 2.43. The summed E-state index contributed by atoms with van der Waals surface area (Å²) >= 11 is 0. The van der Waals surface area contributed by atoms with Crippen LogP contribution in [-0.4, -0.2) is 56.2 Å². The monoisotopic (exact) mass is 435 g/mol. The van der Waals surface area contributed by atoms with Crippen molar-refractivity contribution in [2.24, 2.45) is 0 Å². The molecule has 0 bridgehead atoms. The molecule has 5 unspecified atom stereocenters. The van der Waals surface area contributed by atoms with Gasteiger partial charge in [0.2, 0.25) is 18.0 Å². The number of aliphatic hydroxyl groups excluding tert-OH is 2. The number of carboxylic acids is 1. The molecule has 164 valence electrons. The van der Waals surface area contributed by atoms with E-state index in [0.29, 0.717) is 18.5 Å². The van der Waals surface area contributed by atoms with E-state index in [1.54, 1.807) is 0 Å². The first-order chi connectivity index (χ1) is 13.8. The molecular weight excluding hydrogens is 408 g/mol. The predicted octanol–water partition coefficient (Wildman–Crippen LogP) is 2.14. The van der Waals surface area contributed by atoms with Crippen LogP contribution >= 0.6 is 8.15 Å². The van der Waals surface area contributed by atoms with E-state index in [-0.39, 0.29) is 17.2 Å². The summed E-state index contributed by atoms with van der Waals surface area (Å²) in [7, 11) is -2.54. The first-order valence-corrected chi connectivity index (χ1v) is 10.6. The molecule has 5 N–H and O–H groups in total. The molecule has 1 amide bonds. The highest BCUT2D eigenvalue weighted by molar-refractivity contribution is 7.53. The number of ether oxygens (including phenoxy) is 2. The molecule has 2 rings (SSSR count). The molecule has 1 aromatic rings. The number of aliphatic carboxylic acids is 1. The second kappa shape index (κ2) is 12.0. The van der Waals surface area contributed by atoms with Crippen molar-refractivity contribution in [1.29, 1.82) is 0 Å². The number of hydrogen-bond acceptors (Lipinski definition) is 7. The molecule has 0 aliphatic carbocycles. The van der Waals surface area contributed by atoms with Gasteiger partial charge in [0.15, 0.2) is 0 Å². The second-order valence-corrected chi connectivity index (χ2v) is 7.61. The first-order valence-electron chi connectivity index (χ1n) is 9.15. The number of anilines is 1. The van der Waals surface area contributed by atoms with Gasteiger partial charge in [0.1, 0.15) is 24.4 Å². The lowest BCUT2D eigenvalue weighted by molar-refractivity contribution is -0.196. The van der Waals surface area contributed by atoms with Crippen LogP contribution in [0.2, 0.25) is 0 Å². The highest BCUT2D eigenvalue weighted by atomic mass is 31.1. The van der Waals surface area contributed by atoms with E-state index < -0.39 is 44.9 Å². The Labute approximate surface area is 169 Å². The van der Waals surface area contributed by atoms with Crippen LogP contribution < -0.4 is 10.1 Å². The summed E-state index contributed by atoms with van der Waals surface area (Å²) in [4.78, 5) is 32.5.